The number of rotatable bonds is 45. The fourth-order valence-corrected chi connectivity index (χ4v) is 9.22. The summed E-state index contributed by atoms with van der Waals surface area (Å²) in [5.74, 6) is -0.907. The van der Waals surface area contributed by atoms with Crippen molar-refractivity contribution in [1.29, 1.82) is 0 Å². The lowest BCUT2D eigenvalue weighted by molar-refractivity contribution is -0.332. The summed E-state index contributed by atoms with van der Waals surface area (Å²) < 4.78 is 33.6. The molecule has 2 aliphatic rings. The summed E-state index contributed by atoms with van der Waals surface area (Å²) in [6.45, 7) is 2.63. The molecule has 0 saturated carbocycles. The van der Waals surface area contributed by atoms with E-state index in [1.165, 1.54) is 161 Å². The highest BCUT2D eigenvalue weighted by Crippen LogP contribution is 2.27. The second-order valence-corrected chi connectivity index (χ2v) is 20.1. The zero-order valence-corrected chi connectivity index (χ0v) is 43.3. The average molecular weight is 991 g/mol. The van der Waals surface area contributed by atoms with Crippen LogP contribution in [0, 0.1) is 0 Å². The highest BCUT2D eigenvalue weighted by atomic mass is 16.7. The van der Waals surface area contributed by atoms with Gasteiger partial charge in [0, 0.05) is 12.8 Å². The van der Waals surface area contributed by atoms with E-state index in [1.54, 1.807) is 0 Å². The molecule has 69 heavy (non-hydrogen) atoms. The van der Waals surface area contributed by atoms with E-state index in [4.69, 9.17) is 28.4 Å². The Labute approximate surface area is 417 Å². The van der Waals surface area contributed by atoms with Crippen LogP contribution in [0.2, 0.25) is 0 Å². The van der Waals surface area contributed by atoms with Crippen molar-refractivity contribution in [1.82, 2.24) is 0 Å². The quantitative estimate of drug-likeness (QED) is 0.0223. The minimum Gasteiger partial charge on any atom is -0.462 e. The van der Waals surface area contributed by atoms with E-state index in [1.807, 2.05) is 0 Å². The second-order valence-electron chi connectivity index (χ2n) is 20.1. The first-order valence-electron chi connectivity index (χ1n) is 28.1. The molecule has 2 rings (SSSR count). The number of carbonyl (C=O) groups excluding carboxylic acids is 2. The van der Waals surface area contributed by atoms with Crippen LogP contribution in [0.15, 0.2) is 0 Å². The molecule has 2 aliphatic heterocycles. The Morgan fingerprint density at radius 2 is 0.739 bits per heavy atom. The van der Waals surface area contributed by atoms with Gasteiger partial charge in [0.1, 0.15) is 55.4 Å². The topological polar surface area (TPSA) is 231 Å². The molecular weight excluding hydrogens is 889 g/mol. The largest absolute Gasteiger partial charge is 0.462 e. The normalized spacial score (nSPS) is 25.5. The van der Waals surface area contributed by atoms with Gasteiger partial charge in [0.25, 0.3) is 0 Å². The first-order chi connectivity index (χ1) is 33.5. The third-order valence-corrected chi connectivity index (χ3v) is 13.8. The summed E-state index contributed by atoms with van der Waals surface area (Å²) in [5.41, 5.74) is 0. The van der Waals surface area contributed by atoms with Gasteiger partial charge in [-0.1, -0.05) is 213 Å². The van der Waals surface area contributed by atoms with Crippen LogP contribution in [0.25, 0.3) is 0 Å². The molecule has 2 saturated heterocycles. The monoisotopic (exact) mass is 991 g/mol. The molecule has 0 aliphatic carbocycles. The third-order valence-electron chi connectivity index (χ3n) is 13.8. The van der Waals surface area contributed by atoms with Gasteiger partial charge >= 0.3 is 11.9 Å². The highest BCUT2D eigenvalue weighted by Gasteiger charge is 2.47. The molecule has 0 spiro atoms. The number of unbranched alkanes of at least 4 members (excludes halogenated alkanes) is 31. The Morgan fingerprint density at radius 1 is 0.406 bits per heavy atom. The van der Waals surface area contributed by atoms with Gasteiger partial charge in [-0.3, -0.25) is 9.59 Å². The van der Waals surface area contributed by atoms with E-state index in [0.29, 0.717) is 12.8 Å². The van der Waals surface area contributed by atoms with Crippen molar-refractivity contribution >= 4 is 11.9 Å². The Bertz CT molecular complexity index is 1210. The zero-order chi connectivity index (χ0) is 50.3. The SMILES string of the molecule is CCCCCCCCCCCCCCCCCCCCCCCC(=O)OC[C@@H](CO[C@@H]1O[C@H](CO[C@@H]2O[C@H](CO)[C@H](O)C(O)C2O)[C@H](O)C(O)C1O)OC(=O)CCCCCCCCCCCCCC. The maximum Gasteiger partial charge on any atom is 0.306 e. The van der Waals surface area contributed by atoms with E-state index in [2.05, 4.69) is 13.8 Å². The van der Waals surface area contributed by atoms with Gasteiger partial charge < -0.3 is 64.2 Å². The fraction of sp³-hybridized carbons (Fsp3) is 0.963. The van der Waals surface area contributed by atoms with Gasteiger partial charge in [-0.25, -0.2) is 0 Å². The molecule has 0 aromatic heterocycles. The summed E-state index contributed by atoms with van der Waals surface area (Å²) in [5, 5.41) is 72.1. The van der Waals surface area contributed by atoms with Crippen molar-refractivity contribution in [3.63, 3.8) is 0 Å². The predicted octanol–water partition coefficient (Wildman–Crippen LogP) is 8.78. The molecule has 15 heteroatoms. The van der Waals surface area contributed by atoms with Crippen molar-refractivity contribution in [2.45, 2.75) is 306 Å². The molecule has 7 N–H and O–H groups in total. The van der Waals surface area contributed by atoms with Crippen molar-refractivity contribution in [3.05, 3.63) is 0 Å². The van der Waals surface area contributed by atoms with Crippen LogP contribution >= 0.6 is 0 Å². The smallest absolute Gasteiger partial charge is 0.306 e. The molecule has 2 heterocycles. The molecule has 4 unspecified atom stereocenters. The van der Waals surface area contributed by atoms with Gasteiger partial charge in [-0.2, -0.15) is 0 Å². The Hall–Kier alpha value is -1.50. The lowest BCUT2D eigenvalue weighted by Gasteiger charge is -2.42. The van der Waals surface area contributed by atoms with E-state index in [-0.39, 0.29) is 26.1 Å². The maximum atomic E-state index is 13.0. The van der Waals surface area contributed by atoms with Crippen molar-refractivity contribution < 1.29 is 73.8 Å². The predicted molar refractivity (Wildman–Crippen MR) is 266 cm³/mol. The van der Waals surface area contributed by atoms with Crippen molar-refractivity contribution in [2.24, 2.45) is 0 Å². The number of hydrogen-bond donors (Lipinski definition) is 7. The first-order valence-corrected chi connectivity index (χ1v) is 28.1. The van der Waals surface area contributed by atoms with Crippen LogP contribution in [-0.4, -0.2) is 142 Å². The van der Waals surface area contributed by atoms with Crippen molar-refractivity contribution in [3.8, 4) is 0 Å². The Balaban J connectivity index is 1.73. The van der Waals surface area contributed by atoms with E-state index in [9.17, 15) is 45.3 Å². The Morgan fingerprint density at radius 3 is 1.13 bits per heavy atom. The fourth-order valence-electron chi connectivity index (χ4n) is 9.22. The van der Waals surface area contributed by atoms with E-state index < -0.39 is 92.7 Å². The summed E-state index contributed by atoms with van der Waals surface area (Å²) in [6.07, 6.45) is 24.2. The van der Waals surface area contributed by atoms with E-state index in [0.717, 1.165) is 38.5 Å². The molecule has 0 aromatic rings. The number of carbonyl (C=O) groups is 2. The van der Waals surface area contributed by atoms with Crippen LogP contribution in [0.4, 0.5) is 0 Å². The first kappa shape index (κ1) is 63.6. The van der Waals surface area contributed by atoms with Crippen LogP contribution < -0.4 is 0 Å². The zero-order valence-electron chi connectivity index (χ0n) is 43.3. The lowest BCUT2D eigenvalue weighted by atomic mass is 9.98. The van der Waals surface area contributed by atoms with Gasteiger partial charge in [0.15, 0.2) is 18.7 Å². The Kier molecular flexibility index (Phi) is 38.6. The van der Waals surface area contributed by atoms with Crippen LogP contribution in [0.5, 0.6) is 0 Å². The van der Waals surface area contributed by atoms with Gasteiger partial charge in [0.2, 0.25) is 0 Å². The number of aliphatic hydroxyl groups is 7. The number of aliphatic hydroxyl groups excluding tert-OH is 7. The highest BCUT2D eigenvalue weighted by molar-refractivity contribution is 5.70. The molecule has 0 aromatic carbocycles. The van der Waals surface area contributed by atoms with Crippen LogP contribution in [0.3, 0.4) is 0 Å². The molecule has 0 radical (unpaired) electrons. The van der Waals surface area contributed by atoms with Crippen molar-refractivity contribution in [2.75, 3.05) is 26.4 Å². The lowest BCUT2D eigenvalue weighted by Crippen LogP contribution is -2.61. The molecule has 11 atom stereocenters. The number of ether oxygens (including phenoxy) is 6. The number of esters is 2. The minimum atomic E-state index is -1.76. The minimum absolute atomic E-state index is 0.173. The van der Waals surface area contributed by atoms with E-state index >= 15 is 0 Å². The number of hydrogen-bond acceptors (Lipinski definition) is 15. The maximum absolute atomic E-state index is 13.0. The molecule has 0 bridgehead atoms. The van der Waals surface area contributed by atoms with Gasteiger partial charge in [-0.15, -0.1) is 0 Å². The molecule has 2 fully saturated rings. The summed E-state index contributed by atoms with van der Waals surface area (Å²) >= 11 is 0. The average Bonchev–Trinajstić information content (AvgIpc) is 3.34. The standard InChI is InChI=1S/C54H102O15/c1-3-5-7-9-11-13-15-17-18-19-20-21-22-23-24-25-27-28-30-32-34-36-45(56)64-39-42(67-46(57)37-35-33-31-29-26-16-14-12-10-8-6-4-2)40-65-53-52(63)50(61)48(59)44(69-53)41-66-54-51(62)49(60)47(58)43(38-55)68-54/h42-44,47-55,58-63H,3-41H2,1-2H3/t42-,43+,44+,47-,48-,49?,50?,51?,52?,53+,54+/m0/s1. The molecule has 0 amide bonds. The van der Waals surface area contributed by atoms with Crippen LogP contribution in [0.1, 0.15) is 239 Å². The van der Waals surface area contributed by atoms with Gasteiger partial charge in [-0.05, 0) is 12.8 Å². The summed E-state index contributed by atoms with van der Waals surface area (Å²) in [6, 6.07) is 0. The molecule has 15 nitrogen and oxygen atoms in total. The second kappa shape index (κ2) is 41.9. The van der Waals surface area contributed by atoms with Gasteiger partial charge in [0.05, 0.1) is 19.8 Å². The third kappa shape index (κ3) is 29.7. The summed E-state index contributed by atoms with van der Waals surface area (Å²) in [7, 11) is 0. The van der Waals surface area contributed by atoms with Crippen LogP contribution in [-0.2, 0) is 38.0 Å². The molecule has 408 valence electrons. The summed E-state index contributed by atoms with van der Waals surface area (Å²) in [4.78, 5) is 25.8. The molecular formula is C54H102O15.